The van der Waals surface area contributed by atoms with Gasteiger partial charge in [0, 0.05) is 13.0 Å². The average molecular weight is 244 g/mol. The Morgan fingerprint density at radius 1 is 1.53 bits per heavy atom. The molecule has 1 atom stereocenters. The lowest BCUT2D eigenvalue weighted by Crippen LogP contribution is -2.30. The van der Waals surface area contributed by atoms with Gasteiger partial charge in [0.2, 0.25) is 5.91 Å². The van der Waals surface area contributed by atoms with Crippen LogP contribution in [0, 0.1) is 0 Å². The molecule has 6 heteroatoms. The molecule has 15 heavy (non-hydrogen) atoms. The van der Waals surface area contributed by atoms with E-state index in [4.69, 9.17) is 11.6 Å². The van der Waals surface area contributed by atoms with Crippen molar-refractivity contribution in [3.63, 3.8) is 0 Å². The molecule has 1 N–H and O–H groups in total. The lowest BCUT2D eigenvalue weighted by Gasteiger charge is -2.08. The van der Waals surface area contributed by atoms with Gasteiger partial charge in [0.15, 0.2) is 0 Å². The lowest BCUT2D eigenvalue weighted by atomic mass is 10.3. The van der Waals surface area contributed by atoms with E-state index in [1.54, 1.807) is 0 Å². The Hall–Kier alpha value is -0.420. The van der Waals surface area contributed by atoms with Crippen LogP contribution in [-0.4, -0.2) is 37.5 Å². The van der Waals surface area contributed by atoms with Crippen LogP contribution in [0.2, 0.25) is 0 Å². The van der Waals surface area contributed by atoms with Crippen LogP contribution >= 0.6 is 11.6 Å². The molecule has 1 unspecified atom stereocenters. The fourth-order valence-electron chi connectivity index (χ4n) is 0.795. The van der Waals surface area contributed by atoms with E-state index in [0.717, 1.165) is 6.42 Å². The molecule has 0 aliphatic carbocycles. The van der Waals surface area contributed by atoms with Gasteiger partial charge in [0.1, 0.15) is 6.61 Å². The van der Waals surface area contributed by atoms with Gasteiger partial charge < -0.3 is 10.1 Å². The molecular weight excluding hydrogens is 228 g/mol. The molecule has 0 aliphatic rings. The second kappa shape index (κ2) is 8.85. The van der Waals surface area contributed by atoms with Crippen LogP contribution in [0.5, 0.6) is 0 Å². The highest BCUT2D eigenvalue weighted by Crippen LogP contribution is 1.98. The van der Waals surface area contributed by atoms with E-state index in [1.165, 1.54) is 0 Å². The van der Waals surface area contributed by atoms with Gasteiger partial charge in [0.25, 0.3) is 6.43 Å². The van der Waals surface area contributed by atoms with Gasteiger partial charge in [-0.05, 0) is 6.42 Å². The van der Waals surface area contributed by atoms with Gasteiger partial charge in [-0.3, -0.25) is 4.79 Å². The number of rotatable bonds is 8. The second-order valence-corrected chi connectivity index (χ2v) is 3.64. The first-order chi connectivity index (χ1) is 7.06. The highest BCUT2D eigenvalue weighted by Gasteiger charge is 2.06. The normalized spacial score (nSPS) is 12.9. The Morgan fingerprint density at radius 3 is 2.73 bits per heavy atom. The Bertz CT molecular complexity index is 181. The topological polar surface area (TPSA) is 38.3 Å². The minimum absolute atomic E-state index is 0.00918. The van der Waals surface area contributed by atoms with E-state index in [1.807, 2.05) is 6.92 Å². The van der Waals surface area contributed by atoms with Gasteiger partial charge in [-0.25, -0.2) is 8.78 Å². The monoisotopic (exact) mass is 243 g/mol. The van der Waals surface area contributed by atoms with Crippen molar-refractivity contribution in [1.29, 1.82) is 0 Å². The van der Waals surface area contributed by atoms with E-state index >= 15 is 0 Å². The molecule has 0 bridgehead atoms. The van der Waals surface area contributed by atoms with Crippen LogP contribution < -0.4 is 5.32 Å². The maximum absolute atomic E-state index is 11.6. The molecule has 1 amide bonds. The molecule has 0 spiro atoms. The predicted molar refractivity (Wildman–Crippen MR) is 54.4 cm³/mol. The van der Waals surface area contributed by atoms with Crippen LogP contribution in [0.25, 0.3) is 0 Å². The van der Waals surface area contributed by atoms with Crippen LogP contribution in [0.3, 0.4) is 0 Å². The summed E-state index contributed by atoms with van der Waals surface area (Å²) in [7, 11) is 0. The molecular formula is C9H16ClF2NO2. The number of alkyl halides is 3. The summed E-state index contributed by atoms with van der Waals surface area (Å²) in [6, 6.07) is 0. The summed E-state index contributed by atoms with van der Waals surface area (Å²) >= 11 is 5.77. The first-order valence-corrected chi connectivity index (χ1v) is 5.26. The first-order valence-electron chi connectivity index (χ1n) is 4.83. The standard InChI is InChI=1S/C9H16ClF2NO2/c1-2-7(10)5-13-9(14)3-4-15-6-8(11)12/h7-8H,2-6H2,1H3,(H,13,14). The van der Waals surface area contributed by atoms with Gasteiger partial charge >= 0.3 is 0 Å². The second-order valence-electron chi connectivity index (χ2n) is 3.03. The predicted octanol–water partition coefficient (Wildman–Crippen LogP) is 1.79. The molecule has 0 rings (SSSR count). The summed E-state index contributed by atoms with van der Waals surface area (Å²) in [4.78, 5) is 11.1. The van der Waals surface area contributed by atoms with Gasteiger partial charge in [0.05, 0.1) is 12.0 Å². The Morgan fingerprint density at radius 2 is 2.20 bits per heavy atom. The zero-order chi connectivity index (χ0) is 11.7. The number of amides is 1. The summed E-state index contributed by atoms with van der Waals surface area (Å²) in [5.41, 5.74) is 0. The molecule has 0 saturated carbocycles. The third-order valence-electron chi connectivity index (χ3n) is 1.68. The van der Waals surface area contributed by atoms with E-state index in [2.05, 4.69) is 10.1 Å². The van der Waals surface area contributed by atoms with Gasteiger partial charge in [-0.15, -0.1) is 11.6 Å². The zero-order valence-electron chi connectivity index (χ0n) is 8.64. The van der Waals surface area contributed by atoms with E-state index in [-0.39, 0.29) is 24.3 Å². The lowest BCUT2D eigenvalue weighted by molar-refractivity contribution is -0.122. The highest BCUT2D eigenvalue weighted by atomic mass is 35.5. The summed E-state index contributed by atoms with van der Waals surface area (Å²) in [6.45, 7) is 1.69. The van der Waals surface area contributed by atoms with Crippen molar-refractivity contribution < 1.29 is 18.3 Å². The molecule has 0 aromatic carbocycles. The summed E-state index contributed by atoms with van der Waals surface area (Å²) in [5, 5.41) is 2.50. The summed E-state index contributed by atoms with van der Waals surface area (Å²) in [6.07, 6.45) is -1.63. The third-order valence-corrected chi connectivity index (χ3v) is 2.14. The van der Waals surface area contributed by atoms with Crippen molar-refractivity contribution in [3.05, 3.63) is 0 Å². The number of halogens is 3. The van der Waals surface area contributed by atoms with Crippen molar-refractivity contribution in [3.8, 4) is 0 Å². The van der Waals surface area contributed by atoms with E-state index in [0.29, 0.717) is 6.54 Å². The van der Waals surface area contributed by atoms with Crippen LogP contribution in [0.15, 0.2) is 0 Å². The molecule has 0 radical (unpaired) electrons. The maximum atomic E-state index is 11.6. The smallest absolute Gasteiger partial charge is 0.261 e. The van der Waals surface area contributed by atoms with Crippen LogP contribution in [0.4, 0.5) is 8.78 Å². The van der Waals surface area contributed by atoms with Crippen molar-refractivity contribution in [2.24, 2.45) is 0 Å². The Labute approximate surface area is 93.1 Å². The molecule has 0 aromatic heterocycles. The van der Waals surface area contributed by atoms with Crippen molar-refractivity contribution in [2.45, 2.75) is 31.6 Å². The molecule has 90 valence electrons. The molecule has 0 fully saturated rings. The van der Waals surface area contributed by atoms with Crippen molar-refractivity contribution in [2.75, 3.05) is 19.8 Å². The number of hydrogen-bond donors (Lipinski definition) is 1. The Kier molecular flexibility index (Phi) is 8.61. The third kappa shape index (κ3) is 9.87. The fourth-order valence-corrected chi connectivity index (χ4v) is 0.872. The Balaban J connectivity index is 3.34. The molecule has 0 heterocycles. The quantitative estimate of drug-likeness (QED) is 0.521. The maximum Gasteiger partial charge on any atom is 0.261 e. The van der Waals surface area contributed by atoms with Crippen molar-refractivity contribution in [1.82, 2.24) is 5.32 Å². The van der Waals surface area contributed by atoms with E-state index < -0.39 is 13.0 Å². The minimum atomic E-state index is -2.49. The largest absolute Gasteiger partial charge is 0.375 e. The van der Waals surface area contributed by atoms with Crippen molar-refractivity contribution >= 4 is 17.5 Å². The molecule has 0 aliphatic heterocycles. The number of carbonyl (C=O) groups excluding carboxylic acids is 1. The summed E-state index contributed by atoms with van der Waals surface area (Å²) < 4.78 is 27.8. The molecule has 3 nitrogen and oxygen atoms in total. The summed E-state index contributed by atoms with van der Waals surface area (Å²) in [5.74, 6) is -0.233. The number of hydrogen-bond acceptors (Lipinski definition) is 2. The average Bonchev–Trinajstić information content (AvgIpc) is 2.20. The molecule has 0 aromatic rings. The zero-order valence-corrected chi connectivity index (χ0v) is 9.40. The van der Waals surface area contributed by atoms with E-state index in [9.17, 15) is 13.6 Å². The van der Waals surface area contributed by atoms with Gasteiger partial charge in [-0.1, -0.05) is 6.92 Å². The SMILES string of the molecule is CCC(Cl)CNC(=O)CCOCC(F)F. The highest BCUT2D eigenvalue weighted by molar-refractivity contribution is 6.20. The number of carbonyl (C=O) groups is 1. The molecule has 0 saturated heterocycles. The minimum Gasteiger partial charge on any atom is -0.375 e. The van der Waals surface area contributed by atoms with Gasteiger partial charge in [-0.2, -0.15) is 0 Å². The number of nitrogens with one attached hydrogen (secondary N) is 1. The fraction of sp³-hybridized carbons (Fsp3) is 0.889. The number of ether oxygens (including phenoxy) is 1. The van der Waals surface area contributed by atoms with Crippen LogP contribution in [-0.2, 0) is 9.53 Å². The first kappa shape index (κ1) is 14.6. The van der Waals surface area contributed by atoms with Crippen LogP contribution in [0.1, 0.15) is 19.8 Å².